The van der Waals surface area contributed by atoms with Gasteiger partial charge in [-0.15, -0.1) is 0 Å². The van der Waals surface area contributed by atoms with Crippen molar-refractivity contribution in [2.75, 3.05) is 19.0 Å². The van der Waals surface area contributed by atoms with Gasteiger partial charge in [0, 0.05) is 12.2 Å². The van der Waals surface area contributed by atoms with Crippen LogP contribution in [0.3, 0.4) is 0 Å². The maximum absolute atomic E-state index is 11.9. The molecule has 0 aliphatic heterocycles. The number of nitrogens with one attached hydrogen (secondary N) is 2. The van der Waals surface area contributed by atoms with Crippen molar-refractivity contribution in [3.05, 3.63) is 59.7 Å². The molecule has 0 saturated carbocycles. The van der Waals surface area contributed by atoms with Gasteiger partial charge in [0.25, 0.3) is 0 Å². The highest BCUT2D eigenvalue weighted by Crippen LogP contribution is 2.13. The molecule has 0 aliphatic rings. The second-order valence-electron chi connectivity index (χ2n) is 4.82. The Bertz CT molecular complexity index is 611. The van der Waals surface area contributed by atoms with Crippen LogP contribution in [0.5, 0.6) is 5.75 Å². The second kappa shape index (κ2) is 7.45. The zero-order valence-corrected chi connectivity index (χ0v) is 12.3. The van der Waals surface area contributed by atoms with Crippen LogP contribution in [0.2, 0.25) is 0 Å². The van der Waals surface area contributed by atoms with Crippen molar-refractivity contribution in [2.24, 2.45) is 0 Å². The van der Waals surface area contributed by atoms with Crippen LogP contribution in [-0.4, -0.2) is 19.6 Å². The molecule has 0 aliphatic carbocycles. The number of carbonyl (C=O) groups is 1. The van der Waals surface area contributed by atoms with Crippen molar-refractivity contribution in [3.63, 3.8) is 0 Å². The van der Waals surface area contributed by atoms with Crippen LogP contribution in [-0.2, 0) is 11.3 Å². The van der Waals surface area contributed by atoms with E-state index in [9.17, 15) is 4.79 Å². The molecule has 1 amide bonds. The Morgan fingerprint density at radius 2 is 1.95 bits per heavy atom. The van der Waals surface area contributed by atoms with E-state index in [1.807, 2.05) is 55.5 Å². The highest BCUT2D eigenvalue weighted by atomic mass is 16.5. The molecule has 0 spiro atoms. The average Bonchev–Trinajstić information content (AvgIpc) is 2.50. The van der Waals surface area contributed by atoms with Gasteiger partial charge in [-0.05, 0) is 36.2 Å². The fraction of sp³-hybridized carbons (Fsp3) is 0.235. The van der Waals surface area contributed by atoms with Crippen molar-refractivity contribution in [2.45, 2.75) is 13.5 Å². The maximum atomic E-state index is 11.9. The summed E-state index contributed by atoms with van der Waals surface area (Å²) in [5, 5.41) is 6.02. The zero-order valence-electron chi connectivity index (χ0n) is 12.3. The minimum Gasteiger partial charge on any atom is -0.497 e. The summed E-state index contributed by atoms with van der Waals surface area (Å²) in [6.45, 7) is 2.86. The highest BCUT2D eigenvalue weighted by molar-refractivity contribution is 5.92. The van der Waals surface area contributed by atoms with Gasteiger partial charge in [0.1, 0.15) is 5.75 Å². The molecule has 110 valence electrons. The summed E-state index contributed by atoms with van der Waals surface area (Å²) in [5.74, 6) is 0.769. The molecule has 0 unspecified atom stereocenters. The van der Waals surface area contributed by atoms with Crippen LogP contribution < -0.4 is 15.4 Å². The summed E-state index contributed by atoms with van der Waals surface area (Å²) in [7, 11) is 1.64. The summed E-state index contributed by atoms with van der Waals surface area (Å²) in [4.78, 5) is 11.9. The molecule has 0 bridgehead atoms. The number of ether oxygens (including phenoxy) is 1. The van der Waals surface area contributed by atoms with Crippen molar-refractivity contribution in [1.82, 2.24) is 5.32 Å². The van der Waals surface area contributed by atoms with E-state index in [0.29, 0.717) is 6.54 Å². The molecule has 0 atom stereocenters. The van der Waals surface area contributed by atoms with Crippen LogP contribution in [0.1, 0.15) is 11.1 Å². The molecule has 2 aromatic carbocycles. The number of hydrogen-bond acceptors (Lipinski definition) is 3. The third-order valence-corrected chi connectivity index (χ3v) is 3.17. The van der Waals surface area contributed by atoms with Crippen LogP contribution in [0.15, 0.2) is 48.5 Å². The lowest BCUT2D eigenvalue weighted by Gasteiger charge is -2.09. The number of hydrogen-bond donors (Lipinski definition) is 2. The summed E-state index contributed by atoms with van der Waals surface area (Å²) in [6, 6.07) is 15.5. The largest absolute Gasteiger partial charge is 0.497 e. The van der Waals surface area contributed by atoms with Gasteiger partial charge in [0.2, 0.25) is 5.91 Å². The summed E-state index contributed by atoms with van der Waals surface area (Å²) < 4.78 is 5.17. The van der Waals surface area contributed by atoms with Gasteiger partial charge in [0.15, 0.2) is 0 Å². The first kappa shape index (κ1) is 15.1. The fourth-order valence-corrected chi connectivity index (χ4v) is 2.01. The quantitative estimate of drug-likeness (QED) is 0.857. The highest BCUT2D eigenvalue weighted by Gasteiger charge is 2.04. The molecule has 4 nitrogen and oxygen atoms in total. The first-order valence-corrected chi connectivity index (χ1v) is 6.88. The van der Waals surface area contributed by atoms with Crippen LogP contribution in [0.25, 0.3) is 0 Å². The molecule has 0 radical (unpaired) electrons. The van der Waals surface area contributed by atoms with Gasteiger partial charge < -0.3 is 15.4 Å². The number of methoxy groups -OCH3 is 1. The van der Waals surface area contributed by atoms with E-state index in [2.05, 4.69) is 10.6 Å². The van der Waals surface area contributed by atoms with Gasteiger partial charge in [0.05, 0.1) is 13.7 Å². The molecule has 2 N–H and O–H groups in total. The number of aryl methyl sites for hydroxylation is 1. The van der Waals surface area contributed by atoms with Crippen LogP contribution in [0.4, 0.5) is 5.69 Å². The van der Waals surface area contributed by atoms with E-state index in [1.54, 1.807) is 7.11 Å². The minimum atomic E-state index is -0.0489. The molecule has 0 aromatic heterocycles. The van der Waals surface area contributed by atoms with E-state index in [1.165, 1.54) is 0 Å². The average molecular weight is 284 g/mol. The normalized spacial score (nSPS) is 10.2. The minimum absolute atomic E-state index is 0.0489. The molecule has 0 fully saturated rings. The van der Waals surface area contributed by atoms with Gasteiger partial charge in [-0.1, -0.05) is 30.3 Å². The van der Waals surface area contributed by atoms with Gasteiger partial charge in [-0.3, -0.25) is 4.79 Å². The maximum Gasteiger partial charge on any atom is 0.238 e. The monoisotopic (exact) mass is 284 g/mol. The number of anilines is 1. The third-order valence-electron chi connectivity index (χ3n) is 3.17. The Morgan fingerprint density at radius 3 is 2.71 bits per heavy atom. The lowest BCUT2D eigenvalue weighted by molar-refractivity contribution is -0.115. The topological polar surface area (TPSA) is 50.4 Å². The Morgan fingerprint density at radius 1 is 1.14 bits per heavy atom. The number of benzene rings is 2. The first-order chi connectivity index (χ1) is 10.2. The summed E-state index contributed by atoms with van der Waals surface area (Å²) in [5.41, 5.74) is 2.99. The molecule has 0 heterocycles. The lowest BCUT2D eigenvalue weighted by atomic mass is 10.2. The van der Waals surface area contributed by atoms with Gasteiger partial charge in [-0.25, -0.2) is 0 Å². The standard InChI is InChI=1S/C17H20N2O2/c1-13-6-3-4-9-16(13)19-17(20)12-18-11-14-7-5-8-15(10-14)21-2/h3-10,18H,11-12H2,1-2H3,(H,19,20). The van der Waals surface area contributed by atoms with E-state index in [4.69, 9.17) is 4.74 Å². The SMILES string of the molecule is COc1cccc(CNCC(=O)Nc2ccccc2C)c1. The molecular weight excluding hydrogens is 264 g/mol. The number of carbonyl (C=O) groups excluding carboxylic acids is 1. The van der Waals surface area contributed by atoms with Crippen molar-refractivity contribution in [3.8, 4) is 5.75 Å². The third kappa shape index (κ3) is 4.61. The molecule has 0 saturated heterocycles. The molecular formula is C17H20N2O2. The van der Waals surface area contributed by atoms with Gasteiger partial charge >= 0.3 is 0 Å². The first-order valence-electron chi connectivity index (χ1n) is 6.88. The Labute approximate surface area is 125 Å². The molecule has 4 heteroatoms. The molecule has 2 aromatic rings. The fourth-order valence-electron chi connectivity index (χ4n) is 2.01. The predicted octanol–water partition coefficient (Wildman–Crippen LogP) is 2.73. The Balaban J connectivity index is 1.80. The van der Waals surface area contributed by atoms with Crippen molar-refractivity contribution >= 4 is 11.6 Å². The van der Waals surface area contributed by atoms with Crippen LogP contribution in [0, 0.1) is 6.92 Å². The van der Waals surface area contributed by atoms with E-state index in [0.717, 1.165) is 22.6 Å². The van der Waals surface area contributed by atoms with Crippen molar-refractivity contribution in [1.29, 1.82) is 0 Å². The molecule has 21 heavy (non-hydrogen) atoms. The van der Waals surface area contributed by atoms with E-state index < -0.39 is 0 Å². The predicted molar refractivity (Wildman–Crippen MR) is 84.5 cm³/mol. The van der Waals surface area contributed by atoms with Crippen LogP contribution >= 0.6 is 0 Å². The number of amides is 1. The summed E-state index contributed by atoms with van der Waals surface area (Å²) >= 11 is 0. The van der Waals surface area contributed by atoms with Gasteiger partial charge in [-0.2, -0.15) is 0 Å². The molecule has 2 rings (SSSR count). The smallest absolute Gasteiger partial charge is 0.238 e. The van der Waals surface area contributed by atoms with E-state index in [-0.39, 0.29) is 12.5 Å². The van der Waals surface area contributed by atoms with E-state index >= 15 is 0 Å². The second-order valence-corrected chi connectivity index (χ2v) is 4.82. The summed E-state index contributed by atoms with van der Waals surface area (Å²) in [6.07, 6.45) is 0. The zero-order chi connectivity index (χ0) is 15.1. The van der Waals surface area contributed by atoms with Crippen molar-refractivity contribution < 1.29 is 9.53 Å². The number of para-hydroxylation sites is 1. The number of rotatable bonds is 6. The Kier molecular flexibility index (Phi) is 5.35. The lowest BCUT2D eigenvalue weighted by Crippen LogP contribution is -2.27. The Hall–Kier alpha value is -2.33.